The molecular formula is C16H17NO2S. The molecule has 1 aromatic heterocycles. The van der Waals surface area contributed by atoms with Crippen molar-refractivity contribution in [1.82, 2.24) is 0 Å². The lowest BCUT2D eigenvalue weighted by Crippen LogP contribution is -2.28. The number of hydrogen-bond donors (Lipinski definition) is 0. The Morgan fingerprint density at radius 2 is 1.90 bits per heavy atom. The molecule has 3 nitrogen and oxygen atoms in total. The van der Waals surface area contributed by atoms with Crippen molar-refractivity contribution >= 4 is 17.5 Å². The average Bonchev–Trinajstić information content (AvgIpc) is 2.46. The summed E-state index contributed by atoms with van der Waals surface area (Å²) in [4.78, 5) is 12.1. The van der Waals surface area contributed by atoms with Gasteiger partial charge in [-0.1, -0.05) is 38.1 Å². The second-order valence-corrected chi connectivity index (χ2v) is 5.85. The SMILES string of the molecule is CC(C)c1ccc(C(=O)CSc2cccc[n+]2[O-])cc1. The van der Waals surface area contributed by atoms with Gasteiger partial charge in [-0.25, -0.2) is 0 Å². The molecule has 0 aliphatic heterocycles. The molecule has 1 aromatic carbocycles. The summed E-state index contributed by atoms with van der Waals surface area (Å²) in [5.41, 5.74) is 1.91. The van der Waals surface area contributed by atoms with Gasteiger partial charge in [-0.3, -0.25) is 4.79 Å². The van der Waals surface area contributed by atoms with Gasteiger partial charge in [0.15, 0.2) is 12.0 Å². The van der Waals surface area contributed by atoms with Crippen LogP contribution in [-0.4, -0.2) is 11.5 Å². The summed E-state index contributed by atoms with van der Waals surface area (Å²) >= 11 is 1.26. The van der Waals surface area contributed by atoms with E-state index in [9.17, 15) is 10.0 Å². The number of aromatic nitrogens is 1. The Kier molecular flexibility index (Phi) is 4.79. The van der Waals surface area contributed by atoms with Gasteiger partial charge < -0.3 is 5.21 Å². The fourth-order valence-electron chi connectivity index (χ4n) is 1.80. The van der Waals surface area contributed by atoms with Crippen LogP contribution in [0, 0.1) is 5.21 Å². The zero-order valence-corrected chi connectivity index (χ0v) is 12.4. The first-order chi connectivity index (χ1) is 9.58. The highest BCUT2D eigenvalue weighted by Gasteiger charge is 2.11. The van der Waals surface area contributed by atoms with Crippen LogP contribution in [0.5, 0.6) is 0 Å². The number of nitrogens with zero attached hydrogens (tertiary/aromatic N) is 1. The van der Waals surface area contributed by atoms with Crippen LogP contribution in [0.15, 0.2) is 53.7 Å². The van der Waals surface area contributed by atoms with Crippen molar-refractivity contribution < 1.29 is 9.52 Å². The maximum Gasteiger partial charge on any atom is 0.251 e. The summed E-state index contributed by atoms with van der Waals surface area (Å²) < 4.78 is 0.778. The number of Topliss-reactive ketones (excluding diaryl/α,β-unsaturated/α-hetero) is 1. The Morgan fingerprint density at radius 3 is 2.50 bits per heavy atom. The molecule has 1 heterocycles. The summed E-state index contributed by atoms with van der Waals surface area (Å²) in [5.74, 6) is 0.763. The van der Waals surface area contributed by atoms with E-state index in [1.165, 1.54) is 23.5 Å². The zero-order chi connectivity index (χ0) is 14.5. The van der Waals surface area contributed by atoms with Gasteiger partial charge >= 0.3 is 0 Å². The summed E-state index contributed by atoms with van der Waals surface area (Å²) in [6.07, 6.45) is 1.43. The van der Waals surface area contributed by atoms with E-state index in [-0.39, 0.29) is 11.5 Å². The van der Waals surface area contributed by atoms with E-state index in [0.717, 1.165) is 4.73 Å². The number of rotatable bonds is 5. The highest BCUT2D eigenvalue weighted by Crippen LogP contribution is 2.18. The molecule has 0 amide bonds. The molecule has 0 atom stereocenters. The standard InChI is InChI=1S/C16H17NO2S/c1-12(2)13-6-8-14(9-7-13)15(18)11-20-16-5-3-4-10-17(16)19/h3-10,12H,11H2,1-2H3. The van der Waals surface area contributed by atoms with Gasteiger partial charge in [0.25, 0.3) is 5.03 Å². The lowest BCUT2D eigenvalue weighted by atomic mass is 10.0. The van der Waals surface area contributed by atoms with Crippen molar-refractivity contribution in [2.24, 2.45) is 0 Å². The molecular weight excluding hydrogens is 270 g/mol. The van der Waals surface area contributed by atoms with Crippen LogP contribution in [0.3, 0.4) is 0 Å². The Hall–Kier alpha value is -1.81. The highest BCUT2D eigenvalue weighted by atomic mass is 32.2. The molecule has 4 heteroatoms. The summed E-state index contributed by atoms with van der Waals surface area (Å²) in [6.45, 7) is 4.24. The number of ketones is 1. The van der Waals surface area contributed by atoms with E-state index in [1.54, 1.807) is 18.2 Å². The third-order valence-corrected chi connectivity index (χ3v) is 4.06. The first-order valence-corrected chi connectivity index (χ1v) is 7.50. The molecule has 0 radical (unpaired) electrons. The molecule has 0 unspecified atom stereocenters. The Bertz CT molecular complexity index is 594. The number of pyridine rings is 1. The van der Waals surface area contributed by atoms with Crippen molar-refractivity contribution in [1.29, 1.82) is 0 Å². The fraction of sp³-hybridized carbons (Fsp3) is 0.250. The van der Waals surface area contributed by atoms with Crippen molar-refractivity contribution in [2.75, 3.05) is 5.75 Å². The second kappa shape index (κ2) is 6.57. The molecule has 0 saturated heterocycles. The number of thioether (sulfide) groups is 1. The van der Waals surface area contributed by atoms with Crippen LogP contribution in [0.4, 0.5) is 0 Å². The molecule has 2 rings (SSSR count). The third kappa shape index (κ3) is 3.61. The normalized spacial score (nSPS) is 10.8. The Balaban J connectivity index is 2.00. The molecule has 2 aromatic rings. The topological polar surface area (TPSA) is 44.0 Å². The van der Waals surface area contributed by atoms with E-state index in [0.29, 0.717) is 16.5 Å². The lowest BCUT2D eigenvalue weighted by molar-refractivity contribution is -0.645. The Labute approximate surface area is 123 Å². The zero-order valence-electron chi connectivity index (χ0n) is 11.6. The van der Waals surface area contributed by atoms with Gasteiger partial charge in [-0.05, 0) is 29.3 Å². The van der Waals surface area contributed by atoms with Gasteiger partial charge in [0.05, 0.1) is 5.75 Å². The van der Waals surface area contributed by atoms with Crippen LogP contribution < -0.4 is 4.73 Å². The minimum Gasteiger partial charge on any atom is -0.618 e. The molecule has 0 spiro atoms. The van der Waals surface area contributed by atoms with E-state index in [4.69, 9.17) is 0 Å². The van der Waals surface area contributed by atoms with Crippen LogP contribution >= 0.6 is 11.8 Å². The number of benzene rings is 1. The summed E-state index contributed by atoms with van der Waals surface area (Å²) in [5, 5.41) is 12.0. The molecule has 0 fully saturated rings. The van der Waals surface area contributed by atoms with Crippen molar-refractivity contribution in [3.63, 3.8) is 0 Å². The maximum absolute atomic E-state index is 12.1. The van der Waals surface area contributed by atoms with E-state index < -0.39 is 0 Å². The van der Waals surface area contributed by atoms with Crippen LogP contribution in [0.2, 0.25) is 0 Å². The molecule has 20 heavy (non-hydrogen) atoms. The predicted octanol–water partition coefficient (Wildman–Crippen LogP) is 3.42. The molecule has 104 valence electrons. The molecule has 0 aliphatic rings. The van der Waals surface area contributed by atoms with Gasteiger partial charge in [0, 0.05) is 17.7 Å². The van der Waals surface area contributed by atoms with E-state index in [1.807, 2.05) is 24.3 Å². The van der Waals surface area contributed by atoms with Crippen LogP contribution in [-0.2, 0) is 0 Å². The van der Waals surface area contributed by atoms with Gasteiger partial charge in [-0.2, -0.15) is 4.73 Å². The quantitative estimate of drug-likeness (QED) is 0.366. The largest absolute Gasteiger partial charge is 0.618 e. The summed E-state index contributed by atoms with van der Waals surface area (Å²) in [6, 6.07) is 12.9. The predicted molar refractivity (Wildman–Crippen MR) is 81.0 cm³/mol. The monoisotopic (exact) mass is 287 g/mol. The van der Waals surface area contributed by atoms with Gasteiger partial charge in [0.2, 0.25) is 0 Å². The molecule has 0 N–H and O–H groups in total. The van der Waals surface area contributed by atoms with Crippen LogP contribution in [0.25, 0.3) is 0 Å². The average molecular weight is 287 g/mol. The molecule has 0 aliphatic carbocycles. The van der Waals surface area contributed by atoms with E-state index >= 15 is 0 Å². The van der Waals surface area contributed by atoms with Crippen LogP contribution in [0.1, 0.15) is 35.7 Å². The minimum atomic E-state index is 0.0363. The van der Waals surface area contributed by atoms with Crippen molar-refractivity contribution in [3.8, 4) is 0 Å². The van der Waals surface area contributed by atoms with Gasteiger partial charge in [0.1, 0.15) is 0 Å². The second-order valence-electron chi connectivity index (χ2n) is 4.85. The van der Waals surface area contributed by atoms with Crippen molar-refractivity contribution in [2.45, 2.75) is 24.8 Å². The fourth-order valence-corrected chi connectivity index (χ4v) is 2.61. The number of carbonyl (C=O) groups excluding carboxylic acids is 1. The highest BCUT2D eigenvalue weighted by molar-refractivity contribution is 7.99. The van der Waals surface area contributed by atoms with Crippen molar-refractivity contribution in [3.05, 3.63) is 65.0 Å². The first kappa shape index (κ1) is 14.6. The molecule has 0 bridgehead atoms. The minimum absolute atomic E-state index is 0.0363. The number of carbonyl (C=O) groups is 1. The maximum atomic E-state index is 12.1. The first-order valence-electron chi connectivity index (χ1n) is 6.52. The number of hydrogen-bond acceptors (Lipinski definition) is 3. The summed E-state index contributed by atoms with van der Waals surface area (Å²) in [7, 11) is 0. The van der Waals surface area contributed by atoms with Gasteiger partial charge in [-0.15, -0.1) is 0 Å². The lowest BCUT2D eigenvalue weighted by Gasteiger charge is -2.06. The smallest absolute Gasteiger partial charge is 0.251 e. The Morgan fingerprint density at radius 1 is 1.20 bits per heavy atom. The van der Waals surface area contributed by atoms with E-state index in [2.05, 4.69) is 13.8 Å². The third-order valence-electron chi connectivity index (χ3n) is 3.04. The molecule has 0 saturated carbocycles.